The summed E-state index contributed by atoms with van der Waals surface area (Å²) in [7, 11) is 0. The molecule has 0 nitrogen and oxygen atoms in total. The molecule has 1 aromatic carbocycles. The molecule has 0 amide bonds. The van der Waals surface area contributed by atoms with Crippen LogP contribution in [0.1, 0.15) is 101 Å². The van der Waals surface area contributed by atoms with Crippen molar-refractivity contribution in [1.29, 1.82) is 0 Å². The molecule has 22 heavy (non-hydrogen) atoms. The number of benzene rings is 1. The highest BCUT2D eigenvalue weighted by Gasteiger charge is 2.19. The van der Waals surface area contributed by atoms with Crippen molar-refractivity contribution in [2.45, 2.75) is 106 Å². The SMILES string of the molecule is CCCCc1c(CC)c(CC)c(CC)c(CC)c1CCCC. The third-order valence-electron chi connectivity index (χ3n) is 5.16. The Morgan fingerprint density at radius 3 is 0.909 bits per heavy atom. The lowest BCUT2D eigenvalue weighted by Crippen LogP contribution is -2.13. The molecule has 0 heterocycles. The first-order valence-corrected chi connectivity index (χ1v) is 9.86. The molecule has 0 spiro atoms. The highest BCUT2D eigenvalue weighted by atomic mass is 14.2. The second-order valence-electron chi connectivity index (χ2n) is 6.49. The summed E-state index contributed by atoms with van der Waals surface area (Å²) in [6.45, 7) is 14.1. The quantitative estimate of drug-likeness (QED) is 0.455. The van der Waals surface area contributed by atoms with Crippen LogP contribution in [0.4, 0.5) is 0 Å². The normalized spacial score (nSPS) is 11.2. The number of unbranched alkanes of at least 4 members (excludes halogenated alkanes) is 2. The summed E-state index contributed by atoms with van der Waals surface area (Å²) in [6, 6.07) is 0. The van der Waals surface area contributed by atoms with Crippen molar-refractivity contribution in [3.8, 4) is 0 Å². The minimum Gasteiger partial charge on any atom is -0.0654 e. The van der Waals surface area contributed by atoms with E-state index in [0.717, 1.165) is 0 Å². The summed E-state index contributed by atoms with van der Waals surface area (Å²) in [5.41, 5.74) is 10.3. The van der Waals surface area contributed by atoms with E-state index in [9.17, 15) is 0 Å². The molecule has 0 atom stereocenters. The van der Waals surface area contributed by atoms with Gasteiger partial charge >= 0.3 is 0 Å². The van der Waals surface area contributed by atoms with Crippen LogP contribution >= 0.6 is 0 Å². The van der Waals surface area contributed by atoms with Crippen molar-refractivity contribution in [2.24, 2.45) is 0 Å². The maximum Gasteiger partial charge on any atom is -0.0273 e. The molecule has 126 valence electrons. The van der Waals surface area contributed by atoms with E-state index in [1.165, 1.54) is 64.2 Å². The van der Waals surface area contributed by atoms with Gasteiger partial charge in [-0.3, -0.25) is 0 Å². The van der Waals surface area contributed by atoms with Gasteiger partial charge in [0.05, 0.1) is 0 Å². The molecule has 0 heteroatoms. The molecule has 0 radical (unpaired) electrons. The van der Waals surface area contributed by atoms with Gasteiger partial charge in [0.2, 0.25) is 0 Å². The second kappa shape index (κ2) is 10.1. The van der Waals surface area contributed by atoms with Crippen LogP contribution in [0.5, 0.6) is 0 Å². The van der Waals surface area contributed by atoms with Crippen LogP contribution in [0.2, 0.25) is 0 Å². The smallest absolute Gasteiger partial charge is 0.0273 e. The summed E-state index contributed by atoms with van der Waals surface area (Å²) in [6.07, 6.45) is 12.7. The lowest BCUT2D eigenvalue weighted by atomic mass is 9.79. The lowest BCUT2D eigenvalue weighted by Gasteiger charge is -2.26. The fourth-order valence-electron chi connectivity index (χ4n) is 4.11. The molecule has 0 aliphatic heterocycles. The van der Waals surface area contributed by atoms with Gasteiger partial charge in [-0.2, -0.15) is 0 Å². The third kappa shape index (κ3) is 4.15. The average Bonchev–Trinajstić information content (AvgIpc) is 2.56. The van der Waals surface area contributed by atoms with E-state index in [1.807, 2.05) is 0 Å². The maximum absolute atomic E-state index is 2.36. The Balaban J connectivity index is 3.58. The molecule has 1 aromatic rings. The minimum absolute atomic E-state index is 1.20. The third-order valence-corrected chi connectivity index (χ3v) is 5.16. The van der Waals surface area contributed by atoms with Crippen molar-refractivity contribution in [2.75, 3.05) is 0 Å². The Kier molecular flexibility index (Phi) is 8.83. The van der Waals surface area contributed by atoms with Crippen LogP contribution in [0.15, 0.2) is 0 Å². The summed E-state index contributed by atoms with van der Waals surface area (Å²) in [4.78, 5) is 0. The molecule has 0 saturated carbocycles. The monoisotopic (exact) mass is 302 g/mol. The Labute approximate surface area is 139 Å². The average molecular weight is 303 g/mol. The van der Waals surface area contributed by atoms with Crippen LogP contribution in [0, 0.1) is 0 Å². The molecule has 0 aliphatic rings. The highest BCUT2D eigenvalue weighted by Crippen LogP contribution is 2.33. The van der Waals surface area contributed by atoms with E-state index in [0.29, 0.717) is 0 Å². The molecule has 0 bridgehead atoms. The molecule has 0 aromatic heterocycles. The second-order valence-corrected chi connectivity index (χ2v) is 6.49. The predicted octanol–water partition coefficient (Wildman–Crippen LogP) is 6.62. The fraction of sp³-hybridized carbons (Fsp3) is 0.727. The predicted molar refractivity (Wildman–Crippen MR) is 101 cm³/mol. The Hall–Kier alpha value is -0.780. The van der Waals surface area contributed by atoms with Gasteiger partial charge < -0.3 is 0 Å². The van der Waals surface area contributed by atoms with Gasteiger partial charge in [-0.25, -0.2) is 0 Å². The zero-order valence-electron chi connectivity index (χ0n) is 16.1. The van der Waals surface area contributed by atoms with E-state index in [-0.39, 0.29) is 0 Å². The summed E-state index contributed by atoms with van der Waals surface area (Å²) in [5.74, 6) is 0. The highest BCUT2D eigenvalue weighted by molar-refractivity contribution is 5.52. The number of hydrogen-bond donors (Lipinski definition) is 0. The first-order valence-electron chi connectivity index (χ1n) is 9.86. The van der Waals surface area contributed by atoms with Crippen molar-refractivity contribution in [1.82, 2.24) is 0 Å². The van der Waals surface area contributed by atoms with E-state index < -0.39 is 0 Å². The van der Waals surface area contributed by atoms with E-state index in [4.69, 9.17) is 0 Å². The Bertz CT molecular complexity index is 411. The van der Waals surface area contributed by atoms with Crippen LogP contribution in [0.25, 0.3) is 0 Å². The Morgan fingerprint density at radius 2 is 0.682 bits per heavy atom. The largest absolute Gasteiger partial charge is 0.0654 e. The zero-order valence-corrected chi connectivity index (χ0v) is 16.1. The number of hydrogen-bond acceptors (Lipinski definition) is 0. The molecule has 1 rings (SSSR count). The number of rotatable bonds is 10. The van der Waals surface area contributed by atoms with Crippen LogP contribution in [-0.2, 0) is 38.5 Å². The van der Waals surface area contributed by atoms with Gasteiger partial charge in [0.15, 0.2) is 0 Å². The van der Waals surface area contributed by atoms with Crippen molar-refractivity contribution >= 4 is 0 Å². The van der Waals surface area contributed by atoms with Gasteiger partial charge in [0.1, 0.15) is 0 Å². The zero-order chi connectivity index (χ0) is 16.5. The van der Waals surface area contributed by atoms with Gasteiger partial charge in [0, 0.05) is 0 Å². The topological polar surface area (TPSA) is 0 Å². The van der Waals surface area contributed by atoms with E-state index in [2.05, 4.69) is 41.5 Å². The lowest BCUT2D eigenvalue weighted by molar-refractivity contribution is 0.736. The van der Waals surface area contributed by atoms with Crippen LogP contribution in [-0.4, -0.2) is 0 Å². The molecule has 0 aliphatic carbocycles. The standard InChI is InChI=1S/C22H38/c1-7-13-15-21-19(11-5)17(9-3)18(10-4)20(12-6)22(21)16-14-8-2/h7-16H2,1-6H3. The van der Waals surface area contributed by atoms with Gasteiger partial charge in [-0.05, 0) is 84.7 Å². The van der Waals surface area contributed by atoms with E-state index in [1.54, 1.807) is 33.4 Å². The minimum atomic E-state index is 1.20. The fourth-order valence-corrected chi connectivity index (χ4v) is 4.11. The van der Waals surface area contributed by atoms with Gasteiger partial charge in [-0.1, -0.05) is 54.4 Å². The van der Waals surface area contributed by atoms with Crippen LogP contribution < -0.4 is 0 Å². The molecule has 0 N–H and O–H groups in total. The summed E-state index contributed by atoms with van der Waals surface area (Å²) >= 11 is 0. The first kappa shape index (κ1) is 19.3. The van der Waals surface area contributed by atoms with Crippen molar-refractivity contribution in [3.63, 3.8) is 0 Å². The molecule has 0 saturated heterocycles. The van der Waals surface area contributed by atoms with Crippen LogP contribution in [0.3, 0.4) is 0 Å². The summed E-state index contributed by atoms with van der Waals surface area (Å²) < 4.78 is 0. The molecular weight excluding hydrogens is 264 g/mol. The van der Waals surface area contributed by atoms with Gasteiger partial charge in [0.25, 0.3) is 0 Å². The van der Waals surface area contributed by atoms with E-state index >= 15 is 0 Å². The van der Waals surface area contributed by atoms with Gasteiger partial charge in [-0.15, -0.1) is 0 Å². The van der Waals surface area contributed by atoms with Crippen molar-refractivity contribution in [3.05, 3.63) is 33.4 Å². The molecule has 0 unspecified atom stereocenters. The summed E-state index contributed by atoms with van der Waals surface area (Å²) in [5, 5.41) is 0. The van der Waals surface area contributed by atoms with Crippen molar-refractivity contribution < 1.29 is 0 Å². The molecular formula is C22H38. The first-order chi connectivity index (χ1) is 10.7. The maximum atomic E-state index is 2.36. The Morgan fingerprint density at radius 1 is 0.409 bits per heavy atom. The molecule has 0 fully saturated rings.